The number of rotatable bonds is 7. The van der Waals surface area contributed by atoms with Crippen LogP contribution >= 0.6 is 0 Å². The van der Waals surface area contributed by atoms with Gasteiger partial charge in [0.15, 0.2) is 0 Å². The lowest BCUT2D eigenvalue weighted by Crippen LogP contribution is -2.50. The number of aryl methyl sites for hydroxylation is 2. The van der Waals surface area contributed by atoms with Gasteiger partial charge in [-0.2, -0.15) is 17.5 Å². The van der Waals surface area contributed by atoms with E-state index in [1.807, 2.05) is 30.9 Å². The van der Waals surface area contributed by atoms with Crippen LogP contribution in [0.1, 0.15) is 91.3 Å². The van der Waals surface area contributed by atoms with Gasteiger partial charge in [0.2, 0.25) is 10.0 Å². The van der Waals surface area contributed by atoms with Crippen LogP contribution in [0.4, 0.5) is 13.2 Å². The number of amides is 2. The number of carbonyl (C=O) groups is 2. The number of amidine groups is 1. The first-order chi connectivity index (χ1) is 20.3. The van der Waals surface area contributed by atoms with Gasteiger partial charge >= 0.3 is 6.18 Å². The Bertz CT molecular complexity index is 1380. The van der Waals surface area contributed by atoms with E-state index in [2.05, 4.69) is 5.32 Å². The van der Waals surface area contributed by atoms with E-state index in [-0.39, 0.29) is 56.0 Å². The molecule has 1 aromatic rings. The van der Waals surface area contributed by atoms with Gasteiger partial charge < -0.3 is 10.2 Å². The van der Waals surface area contributed by atoms with Gasteiger partial charge in [-0.25, -0.2) is 8.42 Å². The summed E-state index contributed by atoms with van der Waals surface area (Å²) in [5, 5.41) is 4.12. The highest BCUT2D eigenvalue weighted by Gasteiger charge is 2.48. The van der Waals surface area contributed by atoms with Gasteiger partial charge in [0.05, 0.1) is 0 Å². The van der Waals surface area contributed by atoms with Crippen LogP contribution in [0, 0.1) is 25.7 Å². The Balaban J connectivity index is 1.18. The van der Waals surface area contributed by atoms with Crippen molar-refractivity contribution in [2.45, 2.75) is 89.8 Å². The van der Waals surface area contributed by atoms with Gasteiger partial charge in [0, 0.05) is 49.5 Å². The molecule has 3 aliphatic heterocycles. The van der Waals surface area contributed by atoms with E-state index in [4.69, 9.17) is 4.99 Å². The summed E-state index contributed by atoms with van der Waals surface area (Å²) in [7, 11) is -3.76. The van der Waals surface area contributed by atoms with Crippen molar-refractivity contribution in [2.24, 2.45) is 16.8 Å². The average molecular weight is 623 g/mol. The summed E-state index contributed by atoms with van der Waals surface area (Å²) < 4.78 is 65.6. The van der Waals surface area contributed by atoms with Crippen LogP contribution in [-0.2, 0) is 14.8 Å². The van der Waals surface area contributed by atoms with E-state index in [0.29, 0.717) is 37.1 Å². The Kier molecular flexibility index (Phi) is 9.09. The van der Waals surface area contributed by atoms with Gasteiger partial charge in [-0.15, -0.1) is 0 Å². The smallest absolute Gasteiger partial charge is 0.339 e. The van der Waals surface area contributed by atoms with Crippen molar-refractivity contribution < 1.29 is 31.2 Å². The second-order valence-corrected chi connectivity index (χ2v) is 14.4. The summed E-state index contributed by atoms with van der Waals surface area (Å²) in [6.07, 6.45) is 2.11. The zero-order valence-electron chi connectivity index (χ0n) is 24.9. The zero-order valence-corrected chi connectivity index (χ0v) is 25.7. The number of nitrogens with zero attached hydrogens (tertiary/aromatic N) is 3. The van der Waals surface area contributed by atoms with E-state index in [1.165, 1.54) is 9.71 Å². The number of likely N-dealkylation sites (tertiary alicyclic amines) is 1. The summed E-state index contributed by atoms with van der Waals surface area (Å²) in [6.45, 7) is 5.57. The predicted octanol–water partition coefficient (Wildman–Crippen LogP) is 5.35. The molecule has 236 valence electrons. The molecule has 0 atom stereocenters. The molecule has 1 spiro atoms. The molecule has 3 heterocycles. The average Bonchev–Trinajstić information content (AvgIpc) is 3.60. The Morgan fingerprint density at radius 3 is 2.23 bits per heavy atom. The molecule has 0 aromatic heterocycles. The molecule has 3 fully saturated rings. The number of nitrogens with one attached hydrogen (secondary N) is 1. The fourth-order valence-electron chi connectivity index (χ4n) is 6.98. The number of aliphatic imine (C=N–C) groups is 1. The van der Waals surface area contributed by atoms with Gasteiger partial charge in [-0.05, 0) is 112 Å². The number of hydrogen-bond acceptors (Lipinski definition) is 5. The fraction of sp³-hybridized carbons (Fsp3) is 0.645. The fourth-order valence-corrected chi connectivity index (χ4v) is 8.15. The number of hydrogen-bond donors (Lipinski definition) is 1. The van der Waals surface area contributed by atoms with Crippen molar-refractivity contribution in [3.63, 3.8) is 0 Å². The maximum atomic E-state index is 13.2. The Labute approximate surface area is 251 Å². The molecule has 43 heavy (non-hydrogen) atoms. The van der Waals surface area contributed by atoms with Crippen molar-refractivity contribution >= 4 is 33.7 Å². The van der Waals surface area contributed by atoms with Gasteiger partial charge in [-0.3, -0.25) is 14.6 Å². The molecular weight excluding hydrogens is 581 g/mol. The molecule has 0 bridgehead atoms. The maximum absolute atomic E-state index is 13.2. The van der Waals surface area contributed by atoms with E-state index in [9.17, 15) is 31.2 Å². The molecule has 2 saturated heterocycles. The molecule has 4 aliphatic rings. The van der Waals surface area contributed by atoms with Crippen LogP contribution < -0.4 is 5.32 Å². The molecule has 0 radical (unpaired) electrons. The minimum atomic E-state index is -4.14. The van der Waals surface area contributed by atoms with Crippen LogP contribution in [0.15, 0.2) is 22.5 Å². The lowest BCUT2D eigenvalue weighted by molar-refractivity contribution is -0.138. The van der Waals surface area contributed by atoms with Crippen molar-refractivity contribution in [1.82, 2.24) is 14.5 Å². The third-order valence-corrected chi connectivity index (χ3v) is 11.2. The quantitative estimate of drug-likeness (QED) is 0.443. The van der Waals surface area contributed by atoms with E-state index >= 15 is 0 Å². The third kappa shape index (κ3) is 7.16. The minimum Gasteiger partial charge on any atom is -0.339 e. The van der Waals surface area contributed by atoms with Crippen LogP contribution in [0.2, 0.25) is 0 Å². The molecule has 1 saturated carbocycles. The van der Waals surface area contributed by atoms with Gasteiger partial charge in [0.1, 0.15) is 11.4 Å². The van der Waals surface area contributed by atoms with E-state index in [1.54, 1.807) is 6.08 Å². The number of piperidine rings is 1. The van der Waals surface area contributed by atoms with Gasteiger partial charge in [-0.1, -0.05) is 0 Å². The minimum absolute atomic E-state index is 0.00415. The number of benzene rings is 1. The number of sulfonamides is 1. The van der Waals surface area contributed by atoms with E-state index in [0.717, 1.165) is 42.6 Å². The van der Waals surface area contributed by atoms with Crippen molar-refractivity contribution in [3.8, 4) is 0 Å². The molecule has 12 heteroatoms. The topological polar surface area (TPSA) is 99.2 Å². The van der Waals surface area contributed by atoms with Crippen LogP contribution in [0.3, 0.4) is 0 Å². The Morgan fingerprint density at radius 2 is 1.65 bits per heavy atom. The SMILES string of the molecule is Cc1cc(C(=O)N2CCCC2)cc(C)c1/C=C/S(=O)(=O)N1CCC2(CC1)N=C(C1CCC(CCC(F)(F)F)CC1)NC2=O. The number of halogens is 3. The second-order valence-electron chi connectivity index (χ2n) is 12.6. The highest BCUT2D eigenvalue weighted by Crippen LogP contribution is 2.38. The molecule has 1 aliphatic carbocycles. The first-order valence-electron chi connectivity index (χ1n) is 15.3. The summed E-state index contributed by atoms with van der Waals surface area (Å²) in [5.41, 5.74) is 2.02. The summed E-state index contributed by atoms with van der Waals surface area (Å²) in [4.78, 5) is 32.5. The Hall–Kier alpha value is -2.73. The largest absolute Gasteiger partial charge is 0.389 e. The zero-order chi connectivity index (χ0) is 31.0. The molecule has 5 rings (SSSR count). The van der Waals surface area contributed by atoms with E-state index < -0.39 is 28.2 Å². The summed E-state index contributed by atoms with van der Waals surface area (Å²) in [6, 6.07) is 3.63. The van der Waals surface area contributed by atoms with Crippen molar-refractivity contribution in [3.05, 3.63) is 39.8 Å². The standard InChI is InChI=1S/C31H41F3N4O4S/c1-21-19-25(28(39)37-14-3-4-15-37)20-22(2)26(21)10-18-43(41,42)38-16-12-30(13-17-38)29(40)35-27(36-30)24-7-5-23(6-8-24)9-11-31(32,33)34/h10,18-20,23-24H,3-9,11-17H2,1-2H3,(H,35,36,40)/b18-10+. The maximum Gasteiger partial charge on any atom is 0.389 e. The number of carbonyl (C=O) groups excluding carboxylic acids is 2. The predicted molar refractivity (Wildman–Crippen MR) is 159 cm³/mol. The first-order valence-corrected chi connectivity index (χ1v) is 16.8. The van der Waals surface area contributed by atoms with Crippen LogP contribution in [0.5, 0.6) is 0 Å². The highest BCUT2D eigenvalue weighted by molar-refractivity contribution is 7.92. The third-order valence-electron chi connectivity index (χ3n) is 9.62. The highest BCUT2D eigenvalue weighted by atomic mass is 32.2. The lowest BCUT2D eigenvalue weighted by atomic mass is 9.79. The summed E-state index contributed by atoms with van der Waals surface area (Å²) >= 11 is 0. The van der Waals surface area contributed by atoms with Crippen LogP contribution in [0.25, 0.3) is 6.08 Å². The summed E-state index contributed by atoms with van der Waals surface area (Å²) in [5.74, 6) is 0.439. The molecule has 0 unspecified atom stereocenters. The monoisotopic (exact) mass is 622 g/mol. The van der Waals surface area contributed by atoms with Crippen molar-refractivity contribution in [1.29, 1.82) is 0 Å². The normalized spacial score (nSPS) is 25.0. The molecule has 1 aromatic carbocycles. The lowest BCUT2D eigenvalue weighted by Gasteiger charge is -2.34. The molecular formula is C31H41F3N4O4S. The Morgan fingerprint density at radius 1 is 1.05 bits per heavy atom. The van der Waals surface area contributed by atoms with Crippen molar-refractivity contribution in [2.75, 3.05) is 26.2 Å². The molecule has 2 amide bonds. The first kappa shape index (κ1) is 31.7. The molecule has 1 N–H and O–H groups in total. The molecule has 8 nitrogen and oxygen atoms in total. The van der Waals surface area contributed by atoms with Gasteiger partial charge in [0.25, 0.3) is 11.8 Å². The number of alkyl halides is 3. The van der Waals surface area contributed by atoms with Crippen LogP contribution in [-0.4, -0.2) is 73.2 Å². The second kappa shape index (κ2) is 12.3.